The van der Waals surface area contributed by atoms with Gasteiger partial charge >= 0.3 is 0 Å². The molecule has 0 radical (unpaired) electrons. The summed E-state index contributed by atoms with van der Waals surface area (Å²) in [6, 6.07) is 12.6. The normalized spacial score (nSPS) is 17.5. The molecule has 0 fully saturated rings. The molecule has 0 bridgehead atoms. The van der Waals surface area contributed by atoms with E-state index >= 15 is 0 Å². The Balaban J connectivity index is 1.82. The molecule has 1 aliphatic rings. The van der Waals surface area contributed by atoms with E-state index in [1.165, 1.54) is 16.8 Å². The lowest BCUT2D eigenvalue weighted by Gasteiger charge is -2.26. The summed E-state index contributed by atoms with van der Waals surface area (Å²) in [6.07, 6.45) is 4.29. The highest BCUT2D eigenvalue weighted by atomic mass is 16.5. The van der Waals surface area contributed by atoms with Gasteiger partial charge in [0.2, 0.25) is 0 Å². The third kappa shape index (κ3) is 1.92. The van der Waals surface area contributed by atoms with Crippen molar-refractivity contribution in [1.29, 1.82) is 0 Å². The van der Waals surface area contributed by atoms with Crippen LogP contribution in [0.15, 0.2) is 42.6 Å². The Morgan fingerprint density at radius 1 is 1.14 bits per heavy atom. The summed E-state index contributed by atoms with van der Waals surface area (Å²) >= 11 is 0. The van der Waals surface area contributed by atoms with Crippen molar-refractivity contribution in [2.45, 2.75) is 32.8 Å². The molecule has 0 saturated heterocycles. The van der Waals surface area contributed by atoms with Crippen molar-refractivity contribution in [3.63, 3.8) is 0 Å². The van der Waals surface area contributed by atoms with E-state index in [9.17, 15) is 0 Å². The summed E-state index contributed by atoms with van der Waals surface area (Å²) in [4.78, 5) is 4.69. The van der Waals surface area contributed by atoms with E-state index in [2.05, 4.69) is 47.9 Å². The largest absolute Gasteiger partial charge is 0.482 e. The molecule has 0 spiro atoms. The van der Waals surface area contributed by atoms with Gasteiger partial charge in [-0.05, 0) is 43.9 Å². The van der Waals surface area contributed by atoms with Crippen LogP contribution in [0.2, 0.25) is 0 Å². The molecule has 1 aliphatic heterocycles. The van der Waals surface area contributed by atoms with E-state index in [1.807, 2.05) is 13.0 Å². The number of rotatable bonds is 1. The summed E-state index contributed by atoms with van der Waals surface area (Å²) in [5.41, 5.74) is 5.69. The number of aryl methyl sites for hydroxylation is 3. The van der Waals surface area contributed by atoms with Crippen LogP contribution in [-0.2, 0) is 6.42 Å². The number of fused-ring (bicyclic) bond motifs is 3. The van der Waals surface area contributed by atoms with Gasteiger partial charge in [0.25, 0.3) is 0 Å². The SMILES string of the molecule is Cc1nc2c3c(ccn2c1C)CCC(c1ccccc1)O3. The molecule has 21 heavy (non-hydrogen) atoms. The molecule has 1 atom stereocenters. The van der Waals surface area contributed by atoms with Crippen LogP contribution in [-0.4, -0.2) is 9.38 Å². The zero-order chi connectivity index (χ0) is 14.4. The average molecular weight is 278 g/mol. The summed E-state index contributed by atoms with van der Waals surface area (Å²) in [5.74, 6) is 0.953. The standard InChI is InChI=1S/C18H18N2O/c1-12-13(2)20-11-10-15-8-9-16(14-6-4-3-5-7-14)21-17(15)18(20)19-12/h3-7,10-11,16H,8-9H2,1-2H3. The maximum absolute atomic E-state index is 6.32. The lowest BCUT2D eigenvalue weighted by atomic mass is 9.98. The molecule has 1 unspecified atom stereocenters. The van der Waals surface area contributed by atoms with Gasteiger partial charge in [-0.25, -0.2) is 4.98 Å². The minimum absolute atomic E-state index is 0.127. The highest BCUT2D eigenvalue weighted by Gasteiger charge is 2.24. The highest BCUT2D eigenvalue weighted by molar-refractivity contribution is 5.61. The fourth-order valence-corrected chi connectivity index (χ4v) is 3.07. The van der Waals surface area contributed by atoms with Gasteiger partial charge in [0.15, 0.2) is 11.4 Å². The Kier molecular flexibility index (Phi) is 2.74. The summed E-state index contributed by atoms with van der Waals surface area (Å²) in [5, 5.41) is 0. The second-order valence-electron chi connectivity index (χ2n) is 5.70. The van der Waals surface area contributed by atoms with E-state index in [0.29, 0.717) is 0 Å². The second-order valence-corrected chi connectivity index (χ2v) is 5.70. The highest BCUT2D eigenvalue weighted by Crippen LogP contribution is 2.37. The average Bonchev–Trinajstić information content (AvgIpc) is 2.83. The molecule has 0 saturated carbocycles. The first-order chi connectivity index (χ1) is 10.2. The summed E-state index contributed by atoms with van der Waals surface area (Å²) in [7, 11) is 0. The van der Waals surface area contributed by atoms with Crippen LogP contribution in [0.1, 0.15) is 35.0 Å². The predicted molar refractivity (Wildman–Crippen MR) is 82.8 cm³/mol. The van der Waals surface area contributed by atoms with Crippen LogP contribution in [0.5, 0.6) is 5.75 Å². The van der Waals surface area contributed by atoms with Crippen LogP contribution in [0.4, 0.5) is 0 Å². The van der Waals surface area contributed by atoms with Gasteiger partial charge in [-0.1, -0.05) is 30.3 Å². The van der Waals surface area contributed by atoms with Gasteiger partial charge in [0, 0.05) is 11.9 Å². The Hall–Kier alpha value is -2.29. The first-order valence-corrected chi connectivity index (χ1v) is 7.43. The Morgan fingerprint density at radius 2 is 1.95 bits per heavy atom. The van der Waals surface area contributed by atoms with Gasteiger partial charge in [0.05, 0.1) is 5.69 Å². The molecular formula is C18H18N2O. The molecule has 3 aromatic rings. The maximum atomic E-state index is 6.32. The molecule has 106 valence electrons. The number of hydrogen-bond acceptors (Lipinski definition) is 2. The zero-order valence-electron chi connectivity index (χ0n) is 12.3. The third-order valence-corrected chi connectivity index (χ3v) is 4.41. The lowest BCUT2D eigenvalue weighted by Crippen LogP contribution is -2.16. The molecule has 3 nitrogen and oxygen atoms in total. The van der Waals surface area contributed by atoms with Crippen molar-refractivity contribution in [3.8, 4) is 5.75 Å². The van der Waals surface area contributed by atoms with Crippen molar-refractivity contribution < 1.29 is 4.74 Å². The van der Waals surface area contributed by atoms with Crippen LogP contribution in [0.25, 0.3) is 5.65 Å². The first kappa shape index (κ1) is 12.5. The lowest BCUT2D eigenvalue weighted by molar-refractivity contribution is 0.178. The first-order valence-electron chi connectivity index (χ1n) is 7.43. The topological polar surface area (TPSA) is 26.5 Å². The molecule has 0 amide bonds. The molecule has 0 N–H and O–H groups in total. The molecule has 0 aliphatic carbocycles. The number of hydrogen-bond donors (Lipinski definition) is 0. The van der Waals surface area contributed by atoms with Crippen molar-refractivity contribution in [2.24, 2.45) is 0 Å². The predicted octanol–water partition coefficient (Wildman–Crippen LogP) is 4.02. The van der Waals surface area contributed by atoms with Crippen molar-refractivity contribution in [2.75, 3.05) is 0 Å². The van der Waals surface area contributed by atoms with Crippen molar-refractivity contribution >= 4 is 5.65 Å². The number of imidazole rings is 1. The van der Waals surface area contributed by atoms with E-state index < -0.39 is 0 Å². The summed E-state index contributed by atoms with van der Waals surface area (Å²) < 4.78 is 8.44. The van der Waals surface area contributed by atoms with Crippen LogP contribution in [0.3, 0.4) is 0 Å². The minimum atomic E-state index is 0.127. The monoisotopic (exact) mass is 278 g/mol. The van der Waals surface area contributed by atoms with Gasteiger partial charge < -0.3 is 9.14 Å². The molecule has 3 heterocycles. The smallest absolute Gasteiger partial charge is 0.180 e. The fourth-order valence-electron chi connectivity index (χ4n) is 3.07. The van der Waals surface area contributed by atoms with E-state index in [-0.39, 0.29) is 6.10 Å². The number of nitrogens with zero attached hydrogens (tertiary/aromatic N) is 2. The van der Waals surface area contributed by atoms with E-state index in [0.717, 1.165) is 29.9 Å². The van der Waals surface area contributed by atoms with Gasteiger partial charge in [0.1, 0.15) is 6.10 Å². The minimum Gasteiger partial charge on any atom is -0.482 e. The van der Waals surface area contributed by atoms with E-state index in [1.54, 1.807) is 0 Å². The van der Waals surface area contributed by atoms with Crippen LogP contribution < -0.4 is 4.74 Å². The number of ether oxygens (including phenoxy) is 1. The second kappa shape index (κ2) is 4.62. The Morgan fingerprint density at radius 3 is 2.76 bits per heavy atom. The summed E-state index contributed by atoms with van der Waals surface area (Å²) in [6.45, 7) is 4.14. The Bertz CT molecular complexity index is 805. The van der Waals surface area contributed by atoms with Crippen LogP contribution >= 0.6 is 0 Å². The third-order valence-electron chi connectivity index (χ3n) is 4.41. The molecule has 1 aromatic carbocycles. The van der Waals surface area contributed by atoms with E-state index in [4.69, 9.17) is 9.72 Å². The fraction of sp³-hybridized carbons (Fsp3) is 0.278. The van der Waals surface area contributed by atoms with Gasteiger partial charge in [-0.2, -0.15) is 0 Å². The van der Waals surface area contributed by atoms with Gasteiger partial charge in [-0.15, -0.1) is 0 Å². The number of benzene rings is 1. The van der Waals surface area contributed by atoms with Crippen molar-refractivity contribution in [3.05, 3.63) is 65.1 Å². The zero-order valence-corrected chi connectivity index (χ0v) is 12.3. The number of pyridine rings is 1. The number of aromatic nitrogens is 2. The molecule has 4 rings (SSSR count). The quantitative estimate of drug-likeness (QED) is 0.672. The van der Waals surface area contributed by atoms with Gasteiger partial charge in [-0.3, -0.25) is 0 Å². The molecule has 2 aromatic heterocycles. The molecular weight excluding hydrogens is 260 g/mol. The maximum Gasteiger partial charge on any atom is 0.180 e. The van der Waals surface area contributed by atoms with Crippen molar-refractivity contribution in [1.82, 2.24) is 9.38 Å². The van der Waals surface area contributed by atoms with Crippen LogP contribution in [0, 0.1) is 13.8 Å². The molecule has 3 heteroatoms. The Labute approximate surface area is 124 Å².